The highest BCUT2D eigenvalue weighted by Gasteiger charge is 2.77. The van der Waals surface area contributed by atoms with Gasteiger partial charge in [0.1, 0.15) is 5.78 Å². The molecule has 0 N–H and O–H groups in total. The molecule has 4 atom stereocenters. The summed E-state index contributed by atoms with van der Waals surface area (Å²) in [6, 6.07) is 13.4. The molecule has 3 fully saturated rings. The first-order valence-electron chi connectivity index (χ1n) is 11.2. The maximum atomic E-state index is 13.9. The van der Waals surface area contributed by atoms with E-state index in [9.17, 15) is 19.2 Å². The molecule has 2 amide bonds. The van der Waals surface area contributed by atoms with Crippen LogP contribution in [0.5, 0.6) is 0 Å². The summed E-state index contributed by atoms with van der Waals surface area (Å²) < 4.78 is 5.91. The quantitative estimate of drug-likeness (QED) is 0.660. The Labute approximate surface area is 192 Å². The molecule has 3 aliphatic rings. The van der Waals surface area contributed by atoms with Crippen LogP contribution in [0.15, 0.2) is 48.5 Å². The maximum Gasteiger partial charge on any atom is 0.307 e. The van der Waals surface area contributed by atoms with E-state index in [1.165, 1.54) is 11.8 Å². The second-order valence-corrected chi connectivity index (χ2v) is 9.34. The Morgan fingerprint density at radius 1 is 1.03 bits per heavy atom. The largest absolute Gasteiger partial charge is 0.453 e. The fourth-order valence-electron chi connectivity index (χ4n) is 5.66. The van der Waals surface area contributed by atoms with Crippen molar-refractivity contribution in [2.75, 3.05) is 4.90 Å². The Morgan fingerprint density at radius 3 is 2.42 bits per heavy atom. The number of amides is 2. The van der Waals surface area contributed by atoms with Gasteiger partial charge in [-0.05, 0) is 49.6 Å². The van der Waals surface area contributed by atoms with Crippen molar-refractivity contribution in [1.82, 2.24) is 4.90 Å². The predicted molar refractivity (Wildman–Crippen MR) is 120 cm³/mol. The van der Waals surface area contributed by atoms with Crippen LogP contribution in [0.3, 0.4) is 0 Å². The van der Waals surface area contributed by atoms with E-state index in [0.717, 1.165) is 16.7 Å². The fraction of sp³-hybridized carbons (Fsp3) is 0.385. The van der Waals surface area contributed by atoms with Crippen molar-refractivity contribution < 1.29 is 23.9 Å². The van der Waals surface area contributed by atoms with Crippen LogP contribution in [0.25, 0.3) is 0 Å². The highest BCUT2D eigenvalue weighted by atomic mass is 16.6. The number of rotatable bonds is 5. The third-order valence-corrected chi connectivity index (χ3v) is 7.29. The van der Waals surface area contributed by atoms with Crippen LogP contribution in [-0.4, -0.2) is 46.2 Å². The molecule has 3 aliphatic heterocycles. The SMILES string of the molecule is CC(=O)C[C@@H]1N(Cc2ccccc2)C(=O)[C@@H]2N(c3ccc(C)c(C)c3)C(=O)[C@@H]3CC(=O)O[C@@]123. The predicted octanol–water partition coefficient (Wildman–Crippen LogP) is 2.71. The summed E-state index contributed by atoms with van der Waals surface area (Å²) in [5.74, 6) is -2.02. The summed E-state index contributed by atoms with van der Waals surface area (Å²) >= 11 is 0. The smallest absolute Gasteiger partial charge is 0.307 e. The van der Waals surface area contributed by atoms with E-state index in [0.29, 0.717) is 5.69 Å². The number of carbonyl (C=O) groups is 4. The normalized spacial score (nSPS) is 28.2. The van der Waals surface area contributed by atoms with Gasteiger partial charge in [0.2, 0.25) is 5.91 Å². The van der Waals surface area contributed by atoms with Crippen molar-refractivity contribution >= 4 is 29.3 Å². The molecular weight excluding hydrogens is 420 g/mol. The number of aryl methyl sites for hydroxylation is 2. The molecular formula is C26H26N2O5. The highest BCUT2D eigenvalue weighted by molar-refractivity contribution is 6.11. The van der Waals surface area contributed by atoms with E-state index < -0.39 is 29.6 Å². The van der Waals surface area contributed by atoms with Crippen LogP contribution < -0.4 is 4.90 Å². The van der Waals surface area contributed by atoms with Crippen LogP contribution in [0.1, 0.15) is 36.5 Å². The van der Waals surface area contributed by atoms with Gasteiger partial charge in [-0.1, -0.05) is 36.4 Å². The van der Waals surface area contributed by atoms with Crippen molar-refractivity contribution in [2.45, 2.75) is 57.8 Å². The zero-order valence-electron chi connectivity index (χ0n) is 18.9. The molecule has 0 bridgehead atoms. The lowest BCUT2D eigenvalue weighted by Gasteiger charge is -2.34. The average Bonchev–Trinajstić information content (AvgIpc) is 3.30. The summed E-state index contributed by atoms with van der Waals surface area (Å²) in [6.45, 7) is 5.66. The van der Waals surface area contributed by atoms with E-state index in [2.05, 4.69) is 0 Å². The summed E-state index contributed by atoms with van der Waals surface area (Å²) in [4.78, 5) is 55.5. The van der Waals surface area contributed by atoms with Gasteiger partial charge in [0.05, 0.1) is 18.4 Å². The molecule has 0 aromatic heterocycles. The monoisotopic (exact) mass is 446 g/mol. The summed E-state index contributed by atoms with van der Waals surface area (Å²) in [5, 5.41) is 0. The van der Waals surface area contributed by atoms with Crippen LogP contribution in [-0.2, 0) is 30.5 Å². The molecule has 7 nitrogen and oxygen atoms in total. The number of carbonyl (C=O) groups excluding carboxylic acids is 4. The molecule has 0 saturated carbocycles. The number of esters is 1. The topological polar surface area (TPSA) is 84.0 Å². The number of nitrogens with zero attached hydrogens (tertiary/aromatic N) is 2. The lowest BCUT2D eigenvalue weighted by atomic mass is 9.80. The molecule has 5 rings (SSSR count). The second-order valence-electron chi connectivity index (χ2n) is 9.34. The van der Waals surface area contributed by atoms with Crippen LogP contribution in [0, 0.1) is 19.8 Å². The number of anilines is 1. The van der Waals surface area contributed by atoms with Gasteiger partial charge in [0.15, 0.2) is 11.6 Å². The van der Waals surface area contributed by atoms with Gasteiger partial charge < -0.3 is 9.64 Å². The highest BCUT2D eigenvalue weighted by Crippen LogP contribution is 2.55. The number of Topliss-reactive ketones (excluding diaryl/α,β-unsaturated/α-hetero) is 1. The second kappa shape index (κ2) is 7.54. The van der Waals surface area contributed by atoms with E-state index in [-0.39, 0.29) is 37.0 Å². The van der Waals surface area contributed by atoms with Crippen molar-refractivity contribution in [3.8, 4) is 0 Å². The molecule has 3 heterocycles. The third kappa shape index (κ3) is 3.09. The molecule has 170 valence electrons. The maximum absolute atomic E-state index is 13.9. The van der Waals surface area contributed by atoms with Crippen LogP contribution in [0.2, 0.25) is 0 Å². The Balaban J connectivity index is 1.65. The Bertz CT molecular complexity index is 1180. The molecule has 2 aromatic rings. The van der Waals surface area contributed by atoms with Crippen molar-refractivity contribution in [1.29, 1.82) is 0 Å². The van der Waals surface area contributed by atoms with E-state index in [1.54, 1.807) is 4.90 Å². The number of benzene rings is 2. The molecule has 0 radical (unpaired) electrons. The lowest BCUT2D eigenvalue weighted by molar-refractivity contribution is -0.152. The van der Waals surface area contributed by atoms with Crippen LogP contribution in [0.4, 0.5) is 5.69 Å². The minimum absolute atomic E-state index is 0.0207. The fourth-order valence-corrected chi connectivity index (χ4v) is 5.66. The van der Waals surface area contributed by atoms with E-state index in [4.69, 9.17) is 4.74 Å². The minimum atomic E-state index is -1.37. The summed E-state index contributed by atoms with van der Waals surface area (Å²) in [7, 11) is 0. The minimum Gasteiger partial charge on any atom is -0.453 e. The summed E-state index contributed by atoms with van der Waals surface area (Å²) in [5.41, 5.74) is 2.21. The third-order valence-electron chi connectivity index (χ3n) is 7.29. The number of likely N-dealkylation sites (tertiary alicyclic amines) is 1. The van der Waals surface area contributed by atoms with Crippen molar-refractivity contribution in [2.24, 2.45) is 5.92 Å². The van der Waals surface area contributed by atoms with Gasteiger partial charge >= 0.3 is 5.97 Å². The van der Waals surface area contributed by atoms with E-state index in [1.807, 2.05) is 62.4 Å². The Hall–Kier alpha value is -3.48. The van der Waals surface area contributed by atoms with Crippen LogP contribution >= 0.6 is 0 Å². The standard InChI is InChI=1S/C26H26N2O5/c1-15-9-10-19(11-16(15)2)28-23-25(32)27(14-18-7-5-4-6-8-18)21(12-17(3)29)26(23)20(24(28)31)13-22(30)33-26/h4-11,20-21,23H,12-14H2,1-3H3/t20-,21-,23-,26-/m0/s1. The van der Waals surface area contributed by atoms with Gasteiger partial charge in [0.25, 0.3) is 5.91 Å². The first-order valence-corrected chi connectivity index (χ1v) is 11.2. The van der Waals surface area contributed by atoms with Gasteiger partial charge in [-0.25, -0.2) is 0 Å². The molecule has 7 heteroatoms. The number of ether oxygens (including phenoxy) is 1. The molecule has 0 unspecified atom stereocenters. The van der Waals surface area contributed by atoms with Gasteiger partial charge in [-0.15, -0.1) is 0 Å². The van der Waals surface area contributed by atoms with Gasteiger partial charge in [0, 0.05) is 18.7 Å². The molecule has 33 heavy (non-hydrogen) atoms. The zero-order chi connectivity index (χ0) is 23.5. The van der Waals surface area contributed by atoms with Gasteiger partial charge in [-0.3, -0.25) is 24.1 Å². The average molecular weight is 447 g/mol. The number of hydrogen-bond acceptors (Lipinski definition) is 5. The van der Waals surface area contributed by atoms with E-state index >= 15 is 0 Å². The molecule has 0 aliphatic carbocycles. The first kappa shape index (κ1) is 21.4. The molecule has 3 saturated heterocycles. The Kier molecular flexibility index (Phi) is 4.88. The number of ketones is 1. The van der Waals surface area contributed by atoms with Gasteiger partial charge in [-0.2, -0.15) is 0 Å². The van der Waals surface area contributed by atoms with Crippen molar-refractivity contribution in [3.05, 3.63) is 65.2 Å². The molecule has 1 spiro atoms. The lowest BCUT2D eigenvalue weighted by Crippen LogP contribution is -2.52. The Morgan fingerprint density at radius 2 is 1.76 bits per heavy atom. The molecule has 2 aromatic carbocycles. The van der Waals surface area contributed by atoms with Crippen molar-refractivity contribution in [3.63, 3.8) is 0 Å². The first-order chi connectivity index (χ1) is 15.7. The summed E-state index contributed by atoms with van der Waals surface area (Å²) in [6.07, 6.45) is -0.0650. The zero-order valence-corrected chi connectivity index (χ0v) is 18.9. The number of hydrogen-bond donors (Lipinski definition) is 0.